The number of sulfonamides is 1. The summed E-state index contributed by atoms with van der Waals surface area (Å²) >= 11 is 0. The molecule has 4 aromatic rings. The molecule has 2 aliphatic rings. The van der Waals surface area contributed by atoms with Crippen LogP contribution in [0.15, 0.2) is 54.7 Å². The van der Waals surface area contributed by atoms with Gasteiger partial charge in [0.2, 0.25) is 15.9 Å². The highest BCUT2D eigenvalue weighted by atomic mass is 32.2. The van der Waals surface area contributed by atoms with Crippen LogP contribution in [-0.4, -0.2) is 72.7 Å². The van der Waals surface area contributed by atoms with Gasteiger partial charge in [-0.2, -0.15) is 5.26 Å². The zero-order chi connectivity index (χ0) is 28.6. The van der Waals surface area contributed by atoms with Gasteiger partial charge >= 0.3 is 0 Å². The van der Waals surface area contributed by atoms with E-state index in [0.29, 0.717) is 46.9 Å². The Kier molecular flexibility index (Phi) is 7.02. The number of piperidine rings is 1. The van der Waals surface area contributed by atoms with E-state index >= 15 is 0 Å². The Morgan fingerprint density at radius 1 is 1.15 bits per heavy atom. The fourth-order valence-corrected chi connectivity index (χ4v) is 5.33. The van der Waals surface area contributed by atoms with E-state index < -0.39 is 15.9 Å². The second-order valence-corrected chi connectivity index (χ2v) is 11.8. The summed E-state index contributed by atoms with van der Waals surface area (Å²) in [4.78, 5) is 24.4. The van der Waals surface area contributed by atoms with Crippen LogP contribution in [0.25, 0.3) is 27.8 Å². The van der Waals surface area contributed by atoms with E-state index in [1.807, 2.05) is 47.2 Å². The van der Waals surface area contributed by atoms with Gasteiger partial charge in [-0.3, -0.25) is 4.79 Å². The molecule has 0 atom stereocenters. The number of nitrogens with one attached hydrogen (secondary N) is 1. The average Bonchev–Trinajstić information content (AvgIpc) is 3.32. The van der Waals surface area contributed by atoms with Crippen molar-refractivity contribution in [3.05, 3.63) is 60.4 Å². The third-order valence-electron chi connectivity index (χ3n) is 7.06. The summed E-state index contributed by atoms with van der Waals surface area (Å²) in [7, 11) is -3.83. The first-order valence-electron chi connectivity index (χ1n) is 13.2. The van der Waals surface area contributed by atoms with Crippen molar-refractivity contribution in [1.82, 2.24) is 24.5 Å². The van der Waals surface area contributed by atoms with Crippen molar-refractivity contribution in [2.24, 2.45) is 5.92 Å². The Morgan fingerprint density at radius 2 is 1.90 bits per heavy atom. The van der Waals surface area contributed by atoms with Gasteiger partial charge < -0.3 is 14.4 Å². The highest BCUT2D eigenvalue weighted by molar-refractivity contribution is 7.89. The molecule has 2 fully saturated rings. The van der Waals surface area contributed by atoms with Crippen molar-refractivity contribution in [1.29, 1.82) is 5.26 Å². The quantitative estimate of drug-likeness (QED) is 0.349. The van der Waals surface area contributed by atoms with E-state index in [1.54, 1.807) is 10.9 Å². The number of ether oxygens (including phenoxy) is 2. The minimum absolute atomic E-state index is 0.0627. The highest BCUT2D eigenvalue weighted by Gasteiger charge is 2.28. The van der Waals surface area contributed by atoms with Crippen LogP contribution in [0.4, 0.5) is 5.82 Å². The Balaban J connectivity index is 1.49. The largest absolute Gasteiger partial charge is 0.468 e. The molecule has 1 amide bonds. The fourth-order valence-electron chi connectivity index (χ4n) is 4.89. The Labute approximate surface area is 236 Å². The number of benzene rings is 1. The van der Waals surface area contributed by atoms with E-state index in [0.717, 1.165) is 38.0 Å². The van der Waals surface area contributed by atoms with Crippen LogP contribution in [0.3, 0.4) is 0 Å². The first-order valence-corrected chi connectivity index (χ1v) is 15.0. The molecule has 0 radical (unpaired) electrons. The Hall–Kier alpha value is -4.54. The summed E-state index contributed by atoms with van der Waals surface area (Å²) in [5.74, 6) is 0.301. The van der Waals surface area contributed by atoms with E-state index in [4.69, 9.17) is 19.6 Å². The van der Waals surface area contributed by atoms with Crippen molar-refractivity contribution < 1.29 is 22.7 Å². The standard InChI is InChI=1S/C28H27N7O5S/c1-41(37,38)33-27(36)23-13-22(19-7-8-24(30-15-19)34-11-9-18(14-29)10-12-34)25-26(31-23)35(20-5-3-2-4-6-20)32-28(25)40-21-16-39-17-21/h2-8,13,15,18,21H,9-12,16-17H2,1H3,(H,33,36). The number of carbonyl (C=O) groups is 1. The maximum Gasteiger partial charge on any atom is 0.283 e. The summed E-state index contributed by atoms with van der Waals surface area (Å²) in [5, 5.41) is 14.5. The molecule has 1 aromatic carbocycles. The number of rotatable bonds is 7. The highest BCUT2D eigenvalue weighted by Crippen LogP contribution is 2.37. The smallest absolute Gasteiger partial charge is 0.283 e. The Morgan fingerprint density at radius 3 is 2.51 bits per heavy atom. The van der Waals surface area contributed by atoms with Gasteiger partial charge in [0.05, 0.1) is 36.6 Å². The SMILES string of the molecule is CS(=O)(=O)NC(=O)c1cc(-c2ccc(N3CCC(C#N)CC3)nc2)c2c(OC3COC3)nn(-c3ccccc3)c2n1. The van der Waals surface area contributed by atoms with Crippen LogP contribution in [-0.2, 0) is 14.8 Å². The first-order chi connectivity index (χ1) is 19.8. The van der Waals surface area contributed by atoms with Crippen LogP contribution >= 0.6 is 0 Å². The maximum absolute atomic E-state index is 13.0. The van der Waals surface area contributed by atoms with Gasteiger partial charge in [0.1, 0.15) is 17.6 Å². The van der Waals surface area contributed by atoms with Crippen LogP contribution in [0.5, 0.6) is 5.88 Å². The molecule has 210 valence electrons. The van der Waals surface area contributed by atoms with Gasteiger partial charge in [-0.15, -0.1) is 5.10 Å². The lowest BCUT2D eigenvalue weighted by Crippen LogP contribution is -2.38. The van der Waals surface area contributed by atoms with Crippen molar-refractivity contribution in [3.8, 4) is 28.8 Å². The summed E-state index contributed by atoms with van der Waals surface area (Å²) in [6, 6.07) is 16.9. The molecule has 1 N–H and O–H groups in total. The summed E-state index contributed by atoms with van der Waals surface area (Å²) in [5.41, 5.74) is 2.14. The summed E-state index contributed by atoms with van der Waals surface area (Å²) in [6.45, 7) is 2.34. The van der Waals surface area contributed by atoms with Crippen molar-refractivity contribution >= 4 is 32.8 Å². The average molecular weight is 574 g/mol. The number of nitriles is 1. The van der Waals surface area contributed by atoms with Gasteiger partial charge in [0.25, 0.3) is 5.91 Å². The normalized spacial score (nSPS) is 16.2. The van der Waals surface area contributed by atoms with Gasteiger partial charge in [-0.1, -0.05) is 18.2 Å². The minimum atomic E-state index is -3.83. The molecule has 0 unspecified atom stereocenters. The molecule has 12 nitrogen and oxygen atoms in total. The number of nitrogens with zero attached hydrogens (tertiary/aromatic N) is 6. The fraction of sp³-hybridized carbons (Fsp3) is 0.321. The van der Waals surface area contributed by atoms with E-state index in [2.05, 4.69) is 16.0 Å². The van der Waals surface area contributed by atoms with Crippen molar-refractivity contribution in [2.75, 3.05) is 37.5 Å². The zero-order valence-electron chi connectivity index (χ0n) is 22.2. The van der Waals surface area contributed by atoms with Crippen LogP contribution < -0.4 is 14.4 Å². The Bertz CT molecular complexity index is 1740. The van der Waals surface area contributed by atoms with Gasteiger partial charge in [-0.25, -0.2) is 27.8 Å². The third kappa shape index (κ3) is 5.57. The molecule has 41 heavy (non-hydrogen) atoms. The van der Waals surface area contributed by atoms with Gasteiger partial charge in [-0.05, 0) is 43.2 Å². The second kappa shape index (κ2) is 10.8. The second-order valence-electron chi connectivity index (χ2n) is 10.1. The van der Waals surface area contributed by atoms with Crippen molar-refractivity contribution in [2.45, 2.75) is 18.9 Å². The lowest BCUT2D eigenvalue weighted by molar-refractivity contribution is -0.0808. The molecule has 5 heterocycles. The number of para-hydroxylation sites is 1. The zero-order valence-corrected chi connectivity index (χ0v) is 23.0. The first kappa shape index (κ1) is 26.7. The summed E-state index contributed by atoms with van der Waals surface area (Å²) < 4.78 is 38.8. The molecular weight excluding hydrogens is 546 g/mol. The van der Waals surface area contributed by atoms with Crippen LogP contribution in [0.2, 0.25) is 0 Å². The predicted octanol–water partition coefficient (Wildman–Crippen LogP) is 2.69. The number of pyridine rings is 2. The monoisotopic (exact) mass is 573 g/mol. The lowest BCUT2D eigenvalue weighted by atomic mass is 9.98. The van der Waals surface area contributed by atoms with E-state index in [1.165, 1.54) is 6.07 Å². The molecular formula is C28H27N7O5S. The maximum atomic E-state index is 13.0. The van der Waals surface area contributed by atoms with Crippen LogP contribution in [0.1, 0.15) is 23.3 Å². The van der Waals surface area contributed by atoms with Gasteiger partial charge in [0.15, 0.2) is 5.65 Å². The number of amides is 1. The molecule has 0 aliphatic carbocycles. The van der Waals surface area contributed by atoms with E-state index in [-0.39, 0.29) is 17.7 Å². The molecule has 13 heteroatoms. The molecule has 2 saturated heterocycles. The minimum Gasteiger partial charge on any atom is -0.468 e. The number of hydrogen-bond acceptors (Lipinski definition) is 10. The molecule has 0 bridgehead atoms. The predicted molar refractivity (Wildman–Crippen MR) is 150 cm³/mol. The number of carbonyl (C=O) groups excluding carboxylic acids is 1. The summed E-state index contributed by atoms with van der Waals surface area (Å²) in [6.07, 6.45) is 4.00. The molecule has 3 aromatic heterocycles. The van der Waals surface area contributed by atoms with E-state index in [9.17, 15) is 18.5 Å². The van der Waals surface area contributed by atoms with Crippen LogP contribution in [0, 0.1) is 17.2 Å². The van der Waals surface area contributed by atoms with Crippen molar-refractivity contribution in [3.63, 3.8) is 0 Å². The third-order valence-corrected chi connectivity index (χ3v) is 7.62. The molecule has 0 saturated carbocycles. The lowest BCUT2D eigenvalue weighted by Gasteiger charge is -2.30. The number of hydrogen-bond donors (Lipinski definition) is 1. The van der Waals surface area contributed by atoms with Gasteiger partial charge in [0, 0.05) is 36.3 Å². The number of aromatic nitrogens is 4. The number of fused-ring (bicyclic) bond motifs is 1. The molecule has 6 rings (SSSR count). The molecule has 2 aliphatic heterocycles. The molecule has 0 spiro atoms. The number of anilines is 1. The topological polar surface area (TPSA) is 152 Å².